The van der Waals surface area contributed by atoms with Crippen LogP contribution in [-0.2, 0) is 16.0 Å². The lowest BCUT2D eigenvalue weighted by molar-refractivity contribution is -0.144. The Bertz CT molecular complexity index is 612. The van der Waals surface area contributed by atoms with Crippen LogP contribution >= 0.6 is 0 Å². The van der Waals surface area contributed by atoms with E-state index in [9.17, 15) is 4.79 Å². The first kappa shape index (κ1) is 14.8. The van der Waals surface area contributed by atoms with Gasteiger partial charge in [0.1, 0.15) is 6.10 Å². The summed E-state index contributed by atoms with van der Waals surface area (Å²) in [5.74, 6) is 0.169. The Morgan fingerprint density at radius 2 is 1.68 bits per heavy atom. The second-order valence-electron chi connectivity index (χ2n) is 5.81. The zero-order valence-electron chi connectivity index (χ0n) is 12.8. The van der Waals surface area contributed by atoms with Crippen LogP contribution in [0.15, 0.2) is 60.7 Å². The normalized spacial score (nSPS) is 21.6. The number of carbonyl (C=O) groups excluding carboxylic acids is 1. The molecule has 1 aliphatic rings. The highest BCUT2D eigenvalue weighted by atomic mass is 16.5. The van der Waals surface area contributed by atoms with Crippen molar-refractivity contribution in [3.05, 3.63) is 71.8 Å². The number of morpholine rings is 1. The molecule has 2 aromatic carbocycles. The third kappa shape index (κ3) is 3.55. The van der Waals surface area contributed by atoms with E-state index in [0.29, 0.717) is 19.5 Å². The van der Waals surface area contributed by atoms with E-state index in [1.165, 1.54) is 0 Å². The number of ether oxygens (including phenoxy) is 1. The monoisotopic (exact) mass is 295 g/mol. The number of hydrogen-bond donors (Lipinski definition) is 0. The number of hydrogen-bond acceptors (Lipinski definition) is 2. The van der Waals surface area contributed by atoms with Crippen LogP contribution < -0.4 is 0 Å². The average molecular weight is 295 g/mol. The van der Waals surface area contributed by atoms with Crippen molar-refractivity contribution in [3.8, 4) is 0 Å². The van der Waals surface area contributed by atoms with Crippen LogP contribution in [0.3, 0.4) is 0 Å². The van der Waals surface area contributed by atoms with Crippen molar-refractivity contribution in [3.63, 3.8) is 0 Å². The van der Waals surface area contributed by atoms with Gasteiger partial charge in [0.05, 0.1) is 19.1 Å². The summed E-state index contributed by atoms with van der Waals surface area (Å²) < 4.78 is 6.01. The highest BCUT2D eigenvalue weighted by molar-refractivity contribution is 5.79. The van der Waals surface area contributed by atoms with Crippen molar-refractivity contribution in [1.82, 2.24) is 4.90 Å². The number of rotatable bonds is 3. The lowest BCUT2D eigenvalue weighted by atomic mass is 10.1. The molecule has 0 aliphatic carbocycles. The molecule has 0 radical (unpaired) electrons. The van der Waals surface area contributed by atoms with Crippen molar-refractivity contribution in [2.24, 2.45) is 0 Å². The first-order valence-corrected chi connectivity index (χ1v) is 7.74. The molecule has 0 aromatic heterocycles. The minimum absolute atomic E-state index is 0.0373. The van der Waals surface area contributed by atoms with Crippen molar-refractivity contribution in [1.29, 1.82) is 0 Å². The molecule has 0 saturated carbocycles. The topological polar surface area (TPSA) is 29.5 Å². The van der Waals surface area contributed by atoms with E-state index in [0.717, 1.165) is 11.1 Å². The molecule has 1 heterocycles. The van der Waals surface area contributed by atoms with E-state index in [1.54, 1.807) is 0 Å². The van der Waals surface area contributed by atoms with E-state index in [-0.39, 0.29) is 18.1 Å². The highest BCUT2D eigenvalue weighted by Crippen LogP contribution is 2.25. The Morgan fingerprint density at radius 1 is 1.05 bits per heavy atom. The van der Waals surface area contributed by atoms with E-state index >= 15 is 0 Å². The van der Waals surface area contributed by atoms with Gasteiger partial charge in [0, 0.05) is 6.54 Å². The van der Waals surface area contributed by atoms with E-state index in [1.807, 2.05) is 60.4 Å². The van der Waals surface area contributed by atoms with Crippen molar-refractivity contribution in [2.75, 3.05) is 13.1 Å². The summed E-state index contributed by atoms with van der Waals surface area (Å²) in [6, 6.07) is 20.0. The summed E-state index contributed by atoms with van der Waals surface area (Å²) in [5.41, 5.74) is 2.19. The molecule has 1 amide bonds. The lowest BCUT2D eigenvalue weighted by Gasteiger charge is -2.37. The number of nitrogens with zero attached hydrogens (tertiary/aromatic N) is 1. The van der Waals surface area contributed by atoms with E-state index < -0.39 is 0 Å². The van der Waals surface area contributed by atoms with Gasteiger partial charge >= 0.3 is 0 Å². The minimum atomic E-state index is -0.0373. The van der Waals surface area contributed by atoms with E-state index in [4.69, 9.17) is 4.74 Å². The van der Waals surface area contributed by atoms with Gasteiger partial charge in [0.25, 0.3) is 0 Å². The third-order valence-corrected chi connectivity index (χ3v) is 3.98. The van der Waals surface area contributed by atoms with Crippen LogP contribution in [0, 0.1) is 0 Å². The van der Waals surface area contributed by atoms with Crippen molar-refractivity contribution >= 4 is 5.91 Å². The number of amides is 1. The van der Waals surface area contributed by atoms with Gasteiger partial charge in [0.15, 0.2) is 0 Å². The van der Waals surface area contributed by atoms with Crippen molar-refractivity contribution in [2.45, 2.75) is 25.6 Å². The van der Waals surface area contributed by atoms with Crippen LogP contribution in [0.2, 0.25) is 0 Å². The molecule has 1 aliphatic heterocycles. The predicted octanol–water partition coefficient (Wildman–Crippen LogP) is 3.22. The summed E-state index contributed by atoms with van der Waals surface area (Å²) in [4.78, 5) is 14.5. The molecule has 0 N–H and O–H groups in total. The Kier molecular flexibility index (Phi) is 4.54. The fraction of sp³-hybridized carbons (Fsp3) is 0.316. The van der Waals surface area contributed by atoms with Gasteiger partial charge in [-0.1, -0.05) is 60.7 Å². The van der Waals surface area contributed by atoms with Crippen LogP contribution in [0.4, 0.5) is 0 Å². The Hall–Kier alpha value is -2.13. The molecule has 114 valence electrons. The Morgan fingerprint density at radius 3 is 2.36 bits per heavy atom. The maximum Gasteiger partial charge on any atom is 0.227 e. The van der Waals surface area contributed by atoms with Crippen molar-refractivity contribution < 1.29 is 9.53 Å². The van der Waals surface area contributed by atoms with Gasteiger partial charge in [-0.05, 0) is 18.1 Å². The van der Waals surface area contributed by atoms with Crippen LogP contribution in [0.5, 0.6) is 0 Å². The highest BCUT2D eigenvalue weighted by Gasteiger charge is 2.29. The molecule has 2 aromatic rings. The maximum atomic E-state index is 12.6. The Balaban J connectivity index is 1.69. The van der Waals surface area contributed by atoms with Gasteiger partial charge in [-0.15, -0.1) is 0 Å². The predicted molar refractivity (Wildman–Crippen MR) is 86.5 cm³/mol. The van der Waals surface area contributed by atoms with Gasteiger partial charge in [0.2, 0.25) is 5.91 Å². The largest absolute Gasteiger partial charge is 0.367 e. The molecule has 1 saturated heterocycles. The summed E-state index contributed by atoms with van der Waals surface area (Å²) >= 11 is 0. The Labute approximate surface area is 131 Å². The summed E-state index contributed by atoms with van der Waals surface area (Å²) in [6.45, 7) is 3.31. The summed E-state index contributed by atoms with van der Waals surface area (Å²) in [7, 11) is 0. The SMILES string of the molecule is CC1CN(C(=O)Cc2ccccc2)CC(c2ccccc2)O1. The first-order chi connectivity index (χ1) is 10.7. The quantitative estimate of drug-likeness (QED) is 0.870. The lowest BCUT2D eigenvalue weighted by Crippen LogP contribution is -2.46. The molecular weight excluding hydrogens is 274 g/mol. The van der Waals surface area contributed by atoms with Crippen LogP contribution in [0.1, 0.15) is 24.2 Å². The van der Waals surface area contributed by atoms with Gasteiger partial charge in [-0.2, -0.15) is 0 Å². The van der Waals surface area contributed by atoms with Crippen LogP contribution in [-0.4, -0.2) is 30.0 Å². The third-order valence-electron chi connectivity index (χ3n) is 3.98. The standard InChI is InChI=1S/C19H21NO2/c1-15-13-20(19(21)12-16-8-4-2-5-9-16)14-18(22-15)17-10-6-3-7-11-17/h2-11,15,18H,12-14H2,1H3. The number of carbonyl (C=O) groups is 1. The second kappa shape index (κ2) is 6.75. The van der Waals surface area contributed by atoms with Gasteiger partial charge in [-0.3, -0.25) is 4.79 Å². The molecule has 2 unspecified atom stereocenters. The molecule has 1 fully saturated rings. The molecular formula is C19H21NO2. The second-order valence-corrected chi connectivity index (χ2v) is 5.81. The summed E-state index contributed by atoms with van der Waals surface area (Å²) in [6.07, 6.45) is 0.470. The smallest absolute Gasteiger partial charge is 0.227 e. The zero-order valence-corrected chi connectivity index (χ0v) is 12.8. The molecule has 2 atom stereocenters. The zero-order chi connectivity index (χ0) is 15.4. The first-order valence-electron chi connectivity index (χ1n) is 7.74. The number of benzene rings is 2. The average Bonchev–Trinajstić information content (AvgIpc) is 2.56. The molecule has 22 heavy (non-hydrogen) atoms. The fourth-order valence-electron chi connectivity index (χ4n) is 2.89. The maximum absolute atomic E-state index is 12.6. The molecule has 3 nitrogen and oxygen atoms in total. The van der Waals surface area contributed by atoms with E-state index in [2.05, 4.69) is 12.1 Å². The molecule has 3 heteroatoms. The minimum Gasteiger partial charge on any atom is -0.367 e. The molecule has 0 bridgehead atoms. The molecule has 0 spiro atoms. The van der Waals surface area contributed by atoms with Crippen LogP contribution in [0.25, 0.3) is 0 Å². The summed E-state index contributed by atoms with van der Waals surface area (Å²) in [5, 5.41) is 0. The fourth-order valence-corrected chi connectivity index (χ4v) is 2.89. The van der Waals surface area contributed by atoms with Gasteiger partial charge in [-0.25, -0.2) is 0 Å². The molecule has 3 rings (SSSR count). The van der Waals surface area contributed by atoms with Gasteiger partial charge < -0.3 is 9.64 Å².